The molecule has 2 heterocycles. The van der Waals surface area contributed by atoms with E-state index in [0.717, 1.165) is 0 Å². The number of methoxy groups -OCH3 is 1. The van der Waals surface area contributed by atoms with E-state index < -0.39 is 23.2 Å². The lowest BCUT2D eigenvalue weighted by molar-refractivity contribution is -0.158. The van der Waals surface area contributed by atoms with Crippen molar-refractivity contribution >= 4 is 12.1 Å². The maximum Gasteiger partial charge on any atom is 0.411 e. The van der Waals surface area contributed by atoms with Crippen molar-refractivity contribution in [1.82, 2.24) is 4.90 Å². The standard InChI is InChI=1S/C13H20N4O4/c1-11(2,3)21-10(19)17-8-12(7-15-16-14)5-13(17,6-12)9(18)20-4/h5-8H2,1-4H3. The van der Waals surface area contributed by atoms with Gasteiger partial charge in [0.2, 0.25) is 0 Å². The number of amides is 1. The van der Waals surface area contributed by atoms with Gasteiger partial charge in [-0.3, -0.25) is 4.90 Å². The molecular formula is C13H20N4O4. The van der Waals surface area contributed by atoms with E-state index in [1.54, 1.807) is 20.8 Å². The monoisotopic (exact) mass is 296 g/mol. The zero-order valence-corrected chi connectivity index (χ0v) is 12.8. The van der Waals surface area contributed by atoms with Gasteiger partial charge in [0.1, 0.15) is 11.1 Å². The Balaban J connectivity index is 2.22. The van der Waals surface area contributed by atoms with Crippen molar-refractivity contribution in [2.24, 2.45) is 10.5 Å². The first-order valence-electron chi connectivity index (χ1n) is 6.78. The highest BCUT2D eigenvalue weighted by Crippen LogP contribution is 2.60. The number of azide groups is 1. The van der Waals surface area contributed by atoms with Gasteiger partial charge in [0, 0.05) is 18.0 Å². The van der Waals surface area contributed by atoms with E-state index in [-0.39, 0.29) is 12.0 Å². The summed E-state index contributed by atoms with van der Waals surface area (Å²) in [6, 6.07) is 0. The number of hydrogen-bond acceptors (Lipinski definition) is 5. The van der Waals surface area contributed by atoms with Gasteiger partial charge in [-0.05, 0) is 44.6 Å². The Kier molecular flexibility index (Phi) is 3.53. The second kappa shape index (κ2) is 4.80. The third-order valence-electron chi connectivity index (χ3n) is 3.99. The topological polar surface area (TPSA) is 105 Å². The van der Waals surface area contributed by atoms with E-state index in [2.05, 4.69) is 10.0 Å². The van der Waals surface area contributed by atoms with Crippen molar-refractivity contribution in [2.45, 2.75) is 44.8 Å². The molecule has 3 fully saturated rings. The molecule has 1 saturated carbocycles. The summed E-state index contributed by atoms with van der Waals surface area (Å²) >= 11 is 0. The predicted octanol–water partition coefficient (Wildman–Crippen LogP) is 2.24. The van der Waals surface area contributed by atoms with Crippen LogP contribution in [0.4, 0.5) is 4.79 Å². The van der Waals surface area contributed by atoms with Crippen LogP contribution in [-0.2, 0) is 14.3 Å². The molecule has 3 aliphatic rings. The van der Waals surface area contributed by atoms with Crippen molar-refractivity contribution < 1.29 is 19.1 Å². The van der Waals surface area contributed by atoms with E-state index in [0.29, 0.717) is 19.4 Å². The third kappa shape index (κ3) is 2.51. The maximum atomic E-state index is 12.3. The molecule has 0 aromatic rings. The number of fused-ring (bicyclic) bond motifs is 1. The number of nitrogens with zero attached hydrogens (tertiary/aromatic N) is 4. The van der Waals surface area contributed by atoms with Crippen molar-refractivity contribution in [3.05, 3.63) is 10.4 Å². The van der Waals surface area contributed by atoms with Crippen molar-refractivity contribution in [3.63, 3.8) is 0 Å². The van der Waals surface area contributed by atoms with Gasteiger partial charge in [0.15, 0.2) is 0 Å². The molecule has 0 unspecified atom stereocenters. The molecule has 0 atom stereocenters. The fourth-order valence-corrected chi connectivity index (χ4v) is 3.32. The zero-order chi connectivity index (χ0) is 15.9. The normalized spacial score (nSPS) is 30.2. The van der Waals surface area contributed by atoms with Crippen molar-refractivity contribution in [3.8, 4) is 0 Å². The van der Waals surface area contributed by atoms with Gasteiger partial charge in [0.25, 0.3) is 0 Å². The number of carbonyl (C=O) groups is 2. The number of esters is 1. The van der Waals surface area contributed by atoms with Gasteiger partial charge in [0.05, 0.1) is 7.11 Å². The van der Waals surface area contributed by atoms with Crippen LogP contribution in [-0.4, -0.2) is 48.3 Å². The van der Waals surface area contributed by atoms with Crippen LogP contribution in [0.5, 0.6) is 0 Å². The molecule has 0 N–H and O–H groups in total. The SMILES string of the molecule is COC(=O)C12CC(CN=[N+]=[N-])(CN1C(=O)OC(C)(C)C)C2. The zero-order valence-electron chi connectivity index (χ0n) is 12.8. The summed E-state index contributed by atoms with van der Waals surface area (Å²) in [5, 5.41) is 3.60. The van der Waals surface area contributed by atoms with Gasteiger partial charge < -0.3 is 9.47 Å². The largest absolute Gasteiger partial charge is 0.467 e. The Labute approximate surface area is 123 Å². The van der Waals surface area contributed by atoms with Gasteiger partial charge in [-0.15, -0.1) is 0 Å². The molecular weight excluding hydrogens is 276 g/mol. The molecule has 0 aromatic heterocycles. The van der Waals surface area contributed by atoms with Crippen LogP contribution >= 0.6 is 0 Å². The molecule has 1 aliphatic carbocycles. The Morgan fingerprint density at radius 2 is 2.00 bits per heavy atom. The van der Waals surface area contributed by atoms with Gasteiger partial charge in [-0.25, -0.2) is 9.59 Å². The molecule has 0 radical (unpaired) electrons. The molecule has 1 amide bonds. The lowest BCUT2D eigenvalue weighted by Crippen LogP contribution is -2.58. The lowest BCUT2D eigenvalue weighted by Gasteiger charge is -2.44. The van der Waals surface area contributed by atoms with E-state index in [9.17, 15) is 9.59 Å². The maximum absolute atomic E-state index is 12.3. The minimum absolute atomic E-state index is 0.265. The molecule has 21 heavy (non-hydrogen) atoms. The second-order valence-electron chi connectivity index (χ2n) is 6.83. The second-order valence-corrected chi connectivity index (χ2v) is 6.83. The number of hydrogen-bond donors (Lipinski definition) is 0. The van der Waals surface area contributed by atoms with Crippen LogP contribution < -0.4 is 0 Å². The fraction of sp³-hybridized carbons (Fsp3) is 0.846. The summed E-state index contributed by atoms with van der Waals surface area (Å²) in [6.07, 6.45) is 0.365. The van der Waals surface area contributed by atoms with Crippen LogP contribution in [0.3, 0.4) is 0 Å². The Bertz CT molecular complexity index is 513. The summed E-state index contributed by atoms with van der Waals surface area (Å²) in [5.41, 5.74) is 6.52. The van der Waals surface area contributed by atoms with Crippen molar-refractivity contribution in [1.29, 1.82) is 0 Å². The average Bonchev–Trinajstić information content (AvgIpc) is 2.84. The molecule has 3 rings (SSSR count). The van der Waals surface area contributed by atoms with E-state index >= 15 is 0 Å². The third-order valence-corrected chi connectivity index (χ3v) is 3.99. The van der Waals surface area contributed by atoms with E-state index in [1.807, 2.05) is 0 Å². The molecule has 8 nitrogen and oxygen atoms in total. The first kappa shape index (κ1) is 15.4. The minimum Gasteiger partial charge on any atom is -0.467 e. The highest BCUT2D eigenvalue weighted by atomic mass is 16.6. The lowest BCUT2D eigenvalue weighted by atomic mass is 9.62. The minimum atomic E-state index is -0.970. The first-order valence-corrected chi connectivity index (χ1v) is 6.78. The molecule has 2 saturated heterocycles. The molecule has 0 aromatic carbocycles. The van der Waals surface area contributed by atoms with Crippen LogP contribution in [0.15, 0.2) is 5.11 Å². The number of carbonyl (C=O) groups excluding carboxylic acids is 2. The smallest absolute Gasteiger partial charge is 0.411 e. The highest BCUT2D eigenvalue weighted by Gasteiger charge is 2.71. The molecule has 2 aliphatic heterocycles. The summed E-state index contributed by atoms with van der Waals surface area (Å²) in [4.78, 5) is 28.6. The summed E-state index contributed by atoms with van der Waals surface area (Å²) in [7, 11) is 1.30. The van der Waals surface area contributed by atoms with Crippen LogP contribution in [0.25, 0.3) is 10.4 Å². The summed E-state index contributed by atoms with van der Waals surface area (Å²) < 4.78 is 10.2. The Morgan fingerprint density at radius 1 is 1.38 bits per heavy atom. The number of ether oxygens (including phenoxy) is 2. The van der Waals surface area contributed by atoms with E-state index in [4.69, 9.17) is 15.0 Å². The van der Waals surface area contributed by atoms with Crippen molar-refractivity contribution in [2.75, 3.05) is 20.2 Å². The van der Waals surface area contributed by atoms with Gasteiger partial charge >= 0.3 is 12.1 Å². The first-order chi connectivity index (χ1) is 9.68. The predicted molar refractivity (Wildman–Crippen MR) is 73.4 cm³/mol. The van der Waals surface area contributed by atoms with Gasteiger partial charge in [-0.1, -0.05) is 5.11 Å². The highest BCUT2D eigenvalue weighted by molar-refractivity contribution is 5.89. The van der Waals surface area contributed by atoms with E-state index in [1.165, 1.54) is 12.0 Å². The molecule has 8 heteroatoms. The van der Waals surface area contributed by atoms with Gasteiger partial charge in [-0.2, -0.15) is 0 Å². The average molecular weight is 296 g/mol. The molecule has 0 spiro atoms. The summed E-state index contributed by atoms with van der Waals surface area (Å²) in [5.74, 6) is -0.442. The summed E-state index contributed by atoms with van der Waals surface area (Å²) in [6.45, 7) is 5.92. The molecule has 2 bridgehead atoms. The molecule has 116 valence electrons. The Hall–Kier alpha value is -1.95. The number of rotatable bonds is 3. The van der Waals surface area contributed by atoms with Crippen LogP contribution in [0.2, 0.25) is 0 Å². The van der Waals surface area contributed by atoms with Crippen LogP contribution in [0, 0.1) is 5.41 Å². The fourth-order valence-electron chi connectivity index (χ4n) is 3.32. The Morgan fingerprint density at radius 3 is 2.48 bits per heavy atom. The van der Waals surface area contributed by atoms with Crippen LogP contribution in [0.1, 0.15) is 33.6 Å². The quantitative estimate of drug-likeness (QED) is 0.344.